The van der Waals surface area contributed by atoms with E-state index in [0.29, 0.717) is 5.56 Å². The van der Waals surface area contributed by atoms with Crippen LogP contribution in [0.3, 0.4) is 0 Å². The number of rotatable bonds is 5. The van der Waals surface area contributed by atoms with E-state index in [2.05, 4.69) is 41.6 Å². The van der Waals surface area contributed by atoms with Gasteiger partial charge in [0.2, 0.25) is 0 Å². The minimum atomic E-state index is -0.0602. The third kappa shape index (κ3) is 3.91. The van der Waals surface area contributed by atoms with Crippen molar-refractivity contribution in [3.05, 3.63) is 74.3 Å². The fourth-order valence-corrected chi connectivity index (χ4v) is 5.57. The molecule has 1 amide bonds. The molecule has 0 spiro atoms. The predicted molar refractivity (Wildman–Crippen MR) is 117 cm³/mol. The first-order valence-corrected chi connectivity index (χ1v) is 11.2. The number of ether oxygens (including phenoxy) is 1. The summed E-state index contributed by atoms with van der Waals surface area (Å²) in [6, 6.07) is 13.8. The molecule has 146 valence electrons. The largest absolute Gasteiger partial charge is 0.379 e. The number of carbonyl (C=O) groups is 1. The second-order valence-electron chi connectivity index (χ2n) is 6.91. The van der Waals surface area contributed by atoms with Crippen molar-refractivity contribution < 1.29 is 9.53 Å². The van der Waals surface area contributed by atoms with E-state index in [4.69, 9.17) is 4.74 Å². The van der Waals surface area contributed by atoms with Crippen molar-refractivity contribution in [1.29, 1.82) is 0 Å². The summed E-state index contributed by atoms with van der Waals surface area (Å²) in [6.45, 7) is 7.57. The van der Waals surface area contributed by atoms with Crippen LogP contribution in [0.5, 0.6) is 0 Å². The molecule has 6 heteroatoms. The molecule has 1 aliphatic heterocycles. The van der Waals surface area contributed by atoms with E-state index in [1.807, 2.05) is 30.3 Å². The highest BCUT2D eigenvalue weighted by atomic mass is 32.1. The molecule has 1 N–H and O–H groups in total. The Kier molecular flexibility index (Phi) is 5.92. The molecule has 4 nitrogen and oxygen atoms in total. The molecule has 1 atom stereocenters. The van der Waals surface area contributed by atoms with E-state index >= 15 is 0 Å². The number of amides is 1. The minimum Gasteiger partial charge on any atom is -0.379 e. The monoisotopic (exact) mass is 412 g/mol. The van der Waals surface area contributed by atoms with Crippen LogP contribution in [0.15, 0.2) is 47.8 Å². The van der Waals surface area contributed by atoms with E-state index in [1.54, 1.807) is 22.7 Å². The normalized spacial score (nSPS) is 16.1. The second-order valence-corrected chi connectivity index (χ2v) is 9.12. The second kappa shape index (κ2) is 8.57. The summed E-state index contributed by atoms with van der Waals surface area (Å²) in [5.74, 6) is -0.0602. The van der Waals surface area contributed by atoms with Gasteiger partial charge in [-0.3, -0.25) is 9.69 Å². The van der Waals surface area contributed by atoms with Gasteiger partial charge in [0.15, 0.2) is 0 Å². The Labute approximate surface area is 173 Å². The van der Waals surface area contributed by atoms with Gasteiger partial charge in [-0.2, -0.15) is 0 Å². The van der Waals surface area contributed by atoms with Crippen molar-refractivity contribution in [2.24, 2.45) is 0 Å². The quantitative estimate of drug-likeness (QED) is 0.634. The standard InChI is InChI=1S/C22H24N2O2S2/c1-15-16(2)28-22(23-21(25)17-7-4-3-5-8-17)19(15)20(18-9-6-14-27-18)24-10-12-26-13-11-24/h3-9,14,20H,10-13H2,1-2H3,(H,23,25). The number of morpholine rings is 1. The molecule has 1 saturated heterocycles. The molecular formula is C22H24N2O2S2. The number of hydrogen-bond donors (Lipinski definition) is 1. The summed E-state index contributed by atoms with van der Waals surface area (Å²) in [7, 11) is 0. The number of aryl methyl sites for hydroxylation is 1. The predicted octanol–water partition coefficient (Wildman–Crippen LogP) is 5.10. The molecule has 1 aliphatic rings. The van der Waals surface area contributed by atoms with Crippen molar-refractivity contribution in [3.8, 4) is 0 Å². The van der Waals surface area contributed by atoms with Crippen LogP contribution in [0.2, 0.25) is 0 Å². The summed E-state index contributed by atoms with van der Waals surface area (Å²) in [6.07, 6.45) is 0. The van der Waals surface area contributed by atoms with Crippen LogP contribution >= 0.6 is 22.7 Å². The van der Waals surface area contributed by atoms with E-state index in [0.717, 1.165) is 31.3 Å². The van der Waals surface area contributed by atoms with E-state index in [-0.39, 0.29) is 11.9 Å². The molecule has 28 heavy (non-hydrogen) atoms. The number of carbonyl (C=O) groups excluding carboxylic acids is 1. The Bertz CT molecular complexity index is 929. The van der Waals surface area contributed by atoms with Gasteiger partial charge in [0.25, 0.3) is 5.91 Å². The van der Waals surface area contributed by atoms with Crippen LogP contribution in [0, 0.1) is 13.8 Å². The van der Waals surface area contributed by atoms with Gasteiger partial charge < -0.3 is 10.1 Å². The zero-order valence-electron chi connectivity index (χ0n) is 16.1. The smallest absolute Gasteiger partial charge is 0.256 e. The highest BCUT2D eigenvalue weighted by molar-refractivity contribution is 7.16. The van der Waals surface area contributed by atoms with Gasteiger partial charge in [0, 0.05) is 34.0 Å². The Hall–Kier alpha value is -1.99. The van der Waals surface area contributed by atoms with Gasteiger partial charge in [-0.15, -0.1) is 22.7 Å². The Morgan fingerprint density at radius 3 is 2.54 bits per heavy atom. The highest BCUT2D eigenvalue weighted by Gasteiger charge is 2.31. The lowest BCUT2D eigenvalue weighted by Crippen LogP contribution is -2.39. The Balaban J connectivity index is 1.73. The summed E-state index contributed by atoms with van der Waals surface area (Å²) in [4.78, 5) is 17.9. The third-order valence-corrected chi connectivity index (χ3v) is 7.26. The minimum absolute atomic E-state index is 0.0602. The number of hydrogen-bond acceptors (Lipinski definition) is 5. The lowest BCUT2D eigenvalue weighted by molar-refractivity contribution is 0.0246. The van der Waals surface area contributed by atoms with Crippen LogP contribution < -0.4 is 5.32 Å². The molecule has 0 bridgehead atoms. The molecule has 3 aromatic rings. The number of nitrogens with one attached hydrogen (secondary N) is 1. The summed E-state index contributed by atoms with van der Waals surface area (Å²) in [5.41, 5.74) is 3.16. The number of anilines is 1. The molecule has 4 rings (SSSR count). The molecule has 0 radical (unpaired) electrons. The van der Waals surface area contributed by atoms with E-state index < -0.39 is 0 Å². The van der Waals surface area contributed by atoms with Crippen molar-refractivity contribution in [3.63, 3.8) is 0 Å². The fraction of sp³-hybridized carbons (Fsp3) is 0.318. The first-order valence-electron chi connectivity index (χ1n) is 9.46. The molecule has 0 saturated carbocycles. The lowest BCUT2D eigenvalue weighted by Gasteiger charge is -2.35. The average molecular weight is 413 g/mol. The van der Waals surface area contributed by atoms with Crippen LogP contribution in [-0.2, 0) is 4.74 Å². The average Bonchev–Trinajstić information content (AvgIpc) is 3.34. The molecule has 0 aliphatic carbocycles. The van der Waals surface area contributed by atoms with Gasteiger partial charge in [0.1, 0.15) is 5.00 Å². The van der Waals surface area contributed by atoms with Crippen LogP contribution in [0.1, 0.15) is 37.3 Å². The van der Waals surface area contributed by atoms with Crippen molar-refractivity contribution in [1.82, 2.24) is 4.90 Å². The summed E-state index contributed by atoms with van der Waals surface area (Å²) in [5, 5.41) is 6.27. The molecule has 2 aromatic heterocycles. The van der Waals surface area contributed by atoms with Crippen molar-refractivity contribution >= 4 is 33.6 Å². The van der Waals surface area contributed by atoms with Gasteiger partial charge in [-0.05, 0) is 43.0 Å². The van der Waals surface area contributed by atoms with Crippen LogP contribution in [-0.4, -0.2) is 37.1 Å². The Morgan fingerprint density at radius 1 is 1.11 bits per heavy atom. The van der Waals surface area contributed by atoms with Gasteiger partial charge in [-0.25, -0.2) is 0 Å². The van der Waals surface area contributed by atoms with E-state index in [9.17, 15) is 4.79 Å². The molecule has 3 heterocycles. The SMILES string of the molecule is Cc1sc(NC(=O)c2ccccc2)c(C(c2cccs2)N2CCOCC2)c1C. The maximum atomic E-state index is 12.8. The van der Waals surface area contributed by atoms with Crippen molar-refractivity contribution in [2.45, 2.75) is 19.9 Å². The highest BCUT2D eigenvalue weighted by Crippen LogP contribution is 2.43. The number of nitrogens with zero attached hydrogens (tertiary/aromatic N) is 1. The summed E-state index contributed by atoms with van der Waals surface area (Å²) < 4.78 is 5.59. The maximum Gasteiger partial charge on any atom is 0.256 e. The van der Waals surface area contributed by atoms with Crippen molar-refractivity contribution in [2.75, 3.05) is 31.6 Å². The number of benzene rings is 1. The first-order chi connectivity index (χ1) is 13.6. The topological polar surface area (TPSA) is 41.6 Å². The van der Waals surface area contributed by atoms with Gasteiger partial charge in [-0.1, -0.05) is 24.3 Å². The van der Waals surface area contributed by atoms with E-state index in [1.165, 1.54) is 20.9 Å². The number of thiophene rings is 2. The lowest BCUT2D eigenvalue weighted by atomic mass is 10.00. The molecule has 1 fully saturated rings. The van der Waals surface area contributed by atoms with Crippen LogP contribution in [0.25, 0.3) is 0 Å². The fourth-order valence-electron chi connectivity index (χ4n) is 3.62. The third-order valence-electron chi connectivity index (χ3n) is 5.19. The zero-order valence-corrected chi connectivity index (χ0v) is 17.7. The Morgan fingerprint density at radius 2 is 1.86 bits per heavy atom. The molecule has 1 unspecified atom stereocenters. The zero-order chi connectivity index (χ0) is 19.5. The first kappa shape index (κ1) is 19.3. The van der Waals surface area contributed by atoms with Gasteiger partial charge in [0.05, 0.1) is 19.3 Å². The van der Waals surface area contributed by atoms with Crippen LogP contribution in [0.4, 0.5) is 5.00 Å². The maximum absolute atomic E-state index is 12.8. The van der Waals surface area contributed by atoms with Gasteiger partial charge >= 0.3 is 0 Å². The summed E-state index contributed by atoms with van der Waals surface area (Å²) >= 11 is 3.44. The molecule has 1 aromatic carbocycles. The molecular weight excluding hydrogens is 388 g/mol.